The van der Waals surface area contributed by atoms with Gasteiger partial charge in [0.1, 0.15) is 11.6 Å². The largest absolute Gasteiger partial charge is 0.380 e. The zero-order chi connectivity index (χ0) is 12.1. The molecule has 0 aromatic heterocycles. The Balaban J connectivity index is 2.81. The van der Waals surface area contributed by atoms with Gasteiger partial charge in [0.15, 0.2) is 0 Å². The first-order valence-corrected chi connectivity index (χ1v) is 5.01. The predicted octanol–water partition coefficient (Wildman–Crippen LogP) is 1.37. The van der Waals surface area contributed by atoms with E-state index in [2.05, 4.69) is 5.43 Å². The molecule has 0 spiro atoms. The summed E-state index contributed by atoms with van der Waals surface area (Å²) in [6.45, 7) is 1.81. The third-order valence-corrected chi connectivity index (χ3v) is 2.60. The SMILES string of the molecule is COC(C)C(Cc1cc(F)ccc1F)NN. The van der Waals surface area contributed by atoms with Crippen LogP contribution in [0.15, 0.2) is 18.2 Å². The molecule has 0 aliphatic carbocycles. The van der Waals surface area contributed by atoms with Gasteiger partial charge in [-0.15, -0.1) is 0 Å². The molecule has 1 aromatic rings. The van der Waals surface area contributed by atoms with E-state index >= 15 is 0 Å². The Morgan fingerprint density at radius 2 is 2.12 bits per heavy atom. The fraction of sp³-hybridized carbons (Fsp3) is 0.455. The lowest BCUT2D eigenvalue weighted by atomic mass is 10.0. The lowest BCUT2D eigenvalue weighted by Crippen LogP contribution is -2.45. The van der Waals surface area contributed by atoms with Crippen molar-refractivity contribution >= 4 is 0 Å². The Labute approximate surface area is 93.6 Å². The van der Waals surface area contributed by atoms with Crippen molar-refractivity contribution in [3.05, 3.63) is 35.4 Å². The van der Waals surface area contributed by atoms with E-state index in [0.717, 1.165) is 12.1 Å². The number of benzene rings is 1. The zero-order valence-electron chi connectivity index (χ0n) is 9.34. The standard InChI is InChI=1S/C11H16F2N2O/c1-7(16-2)11(15-14)6-8-5-9(12)3-4-10(8)13/h3-5,7,11,15H,6,14H2,1-2H3. The van der Waals surface area contributed by atoms with Gasteiger partial charge in [0.25, 0.3) is 0 Å². The van der Waals surface area contributed by atoms with Gasteiger partial charge in [0.05, 0.1) is 12.1 Å². The van der Waals surface area contributed by atoms with Crippen molar-refractivity contribution in [1.29, 1.82) is 0 Å². The smallest absolute Gasteiger partial charge is 0.126 e. The molecule has 0 saturated heterocycles. The maximum absolute atomic E-state index is 13.4. The van der Waals surface area contributed by atoms with Crippen LogP contribution in [0.5, 0.6) is 0 Å². The topological polar surface area (TPSA) is 47.3 Å². The molecule has 2 atom stereocenters. The highest BCUT2D eigenvalue weighted by molar-refractivity contribution is 5.20. The van der Waals surface area contributed by atoms with Crippen LogP contribution in [0.4, 0.5) is 8.78 Å². The van der Waals surface area contributed by atoms with Crippen LogP contribution in [0, 0.1) is 11.6 Å². The zero-order valence-corrected chi connectivity index (χ0v) is 9.34. The number of rotatable bonds is 5. The molecule has 2 unspecified atom stereocenters. The highest BCUT2D eigenvalue weighted by atomic mass is 19.1. The molecular weight excluding hydrogens is 214 g/mol. The fourth-order valence-corrected chi connectivity index (χ4v) is 1.46. The number of halogens is 2. The minimum Gasteiger partial charge on any atom is -0.380 e. The molecular formula is C11H16F2N2O. The first kappa shape index (κ1) is 13.0. The Bertz CT molecular complexity index is 347. The van der Waals surface area contributed by atoms with Crippen LogP contribution in [-0.4, -0.2) is 19.3 Å². The summed E-state index contributed by atoms with van der Waals surface area (Å²) in [4.78, 5) is 0. The number of hydrogen-bond donors (Lipinski definition) is 2. The minimum atomic E-state index is -0.461. The molecule has 90 valence electrons. The molecule has 0 radical (unpaired) electrons. The summed E-state index contributed by atoms with van der Waals surface area (Å²) < 4.78 is 31.4. The molecule has 3 N–H and O–H groups in total. The van der Waals surface area contributed by atoms with Crippen LogP contribution in [0.1, 0.15) is 12.5 Å². The summed E-state index contributed by atoms with van der Waals surface area (Å²) in [5, 5.41) is 0. The molecule has 0 bridgehead atoms. The second kappa shape index (κ2) is 5.89. The monoisotopic (exact) mass is 230 g/mol. The number of hydrazine groups is 1. The molecule has 5 heteroatoms. The average molecular weight is 230 g/mol. The molecule has 1 aromatic carbocycles. The molecule has 3 nitrogen and oxygen atoms in total. The molecule has 1 rings (SSSR count). The summed E-state index contributed by atoms with van der Waals surface area (Å²) in [6.07, 6.45) is 0.0856. The van der Waals surface area contributed by atoms with Crippen LogP contribution in [0.2, 0.25) is 0 Å². The molecule has 0 fully saturated rings. The van der Waals surface area contributed by atoms with E-state index < -0.39 is 11.6 Å². The normalized spacial score (nSPS) is 14.8. The average Bonchev–Trinajstić information content (AvgIpc) is 2.29. The van der Waals surface area contributed by atoms with Crippen LogP contribution >= 0.6 is 0 Å². The van der Waals surface area contributed by atoms with Crippen molar-refractivity contribution in [3.63, 3.8) is 0 Å². The van der Waals surface area contributed by atoms with Gasteiger partial charge in [-0.3, -0.25) is 11.3 Å². The third kappa shape index (κ3) is 3.23. The Morgan fingerprint density at radius 1 is 1.44 bits per heavy atom. The Kier molecular flexibility index (Phi) is 4.79. The van der Waals surface area contributed by atoms with Crippen LogP contribution in [-0.2, 0) is 11.2 Å². The lowest BCUT2D eigenvalue weighted by molar-refractivity contribution is 0.0828. The first-order valence-electron chi connectivity index (χ1n) is 5.01. The minimum absolute atomic E-state index is 0.187. The van der Waals surface area contributed by atoms with E-state index in [1.807, 2.05) is 6.92 Å². The van der Waals surface area contributed by atoms with Gasteiger partial charge in [0, 0.05) is 7.11 Å². The van der Waals surface area contributed by atoms with E-state index in [1.54, 1.807) is 0 Å². The van der Waals surface area contributed by atoms with E-state index in [1.165, 1.54) is 13.2 Å². The van der Waals surface area contributed by atoms with Gasteiger partial charge >= 0.3 is 0 Å². The molecule has 16 heavy (non-hydrogen) atoms. The van der Waals surface area contributed by atoms with Crippen molar-refractivity contribution in [2.24, 2.45) is 5.84 Å². The summed E-state index contributed by atoms with van der Waals surface area (Å²) in [6, 6.07) is 3.10. The second-order valence-electron chi connectivity index (χ2n) is 3.65. The highest BCUT2D eigenvalue weighted by Crippen LogP contribution is 2.13. The van der Waals surface area contributed by atoms with Crippen molar-refractivity contribution < 1.29 is 13.5 Å². The van der Waals surface area contributed by atoms with Crippen LogP contribution < -0.4 is 11.3 Å². The number of ether oxygens (including phenoxy) is 1. The van der Waals surface area contributed by atoms with Crippen LogP contribution in [0.3, 0.4) is 0 Å². The fourth-order valence-electron chi connectivity index (χ4n) is 1.46. The van der Waals surface area contributed by atoms with E-state index in [0.29, 0.717) is 0 Å². The molecule has 0 amide bonds. The molecule has 0 aliphatic heterocycles. The van der Waals surface area contributed by atoms with Crippen molar-refractivity contribution in [2.75, 3.05) is 7.11 Å². The van der Waals surface area contributed by atoms with Gasteiger partial charge in [-0.1, -0.05) is 0 Å². The number of nitrogens with two attached hydrogens (primary N) is 1. The first-order chi connectivity index (χ1) is 7.58. The van der Waals surface area contributed by atoms with Gasteiger partial charge in [-0.2, -0.15) is 0 Å². The maximum Gasteiger partial charge on any atom is 0.126 e. The van der Waals surface area contributed by atoms with Crippen molar-refractivity contribution in [2.45, 2.75) is 25.5 Å². The highest BCUT2D eigenvalue weighted by Gasteiger charge is 2.17. The summed E-state index contributed by atoms with van der Waals surface area (Å²) >= 11 is 0. The number of hydrogen-bond acceptors (Lipinski definition) is 3. The number of nitrogens with one attached hydrogen (secondary N) is 1. The summed E-state index contributed by atoms with van der Waals surface area (Å²) in [5.41, 5.74) is 2.82. The molecule has 0 heterocycles. The van der Waals surface area contributed by atoms with Crippen molar-refractivity contribution in [1.82, 2.24) is 5.43 Å². The Morgan fingerprint density at radius 3 is 2.69 bits per heavy atom. The predicted molar refractivity (Wildman–Crippen MR) is 57.6 cm³/mol. The summed E-state index contributed by atoms with van der Waals surface area (Å²) in [7, 11) is 1.54. The number of methoxy groups -OCH3 is 1. The van der Waals surface area contributed by atoms with Gasteiger partial charge < -0.3 is 4.74 Å². The van der Waals surface area contributed by atoms with E-state index in [4.69, 9.17) is 10.6 Å². The van der Waals surface area contributed by atoms with E-state index in [9.17, 15) is 8.78 Å². The van der Waals surface area contributed by atoms with Gasteiger partial charge in [-0.05, 0) is 37.1 Å². The van der Waals surface area contributed by atoms with E-state index in [-0.39, 0.29) is 24.1 Å². The molecule has 0 saturated carbocycles. The summed E-state index contributed by atoms with van der Waals surface area (Å²) in [5.74, 6) is 4.44. The van der Waals surface area contributed by atoms with Crippen LogP contribution in [0.25, 0.3) is 0 Å². The maximum atomic E-state index is 13.4. The third-order valence-electron chi connectivity index (χ3n) is 2.60. The Hall–Kier alpha value is -1.04. The van der Waals surface area contributed by atoms with Crippen molar-refractivity contribution in [3.8, 4) is 0 Å². The quantitative estimate of drug-likeness (QED) is 0.593. The lowest BCUT2D eigenvalue weighted by Gasteiger charge is -2.22. The van der Waals surface area contributed by atoms with Gasteiger partial charge in [-0.25, -0.2) is 8.78 Å². The van der Waals surface area contributed by atoms with Gasteiger partial charge in [0.2, 0.25) is 0 Å². The molecule has 0 aliphatic rings. The second-order valence-corrected chi connectivity index (χ2v) is 3.65.